The second-order valence-corrected chi connectivity index (χ2v) is 1.90. The molecule has 0 aliphatic heterocycles. The molecule has 0 saturated heterocycles. The lowest BCUT2D eigenvalue weighted by molar-refractivity contribution is 0.320. The van der Waals surface area contributed by atoms with Gasteiger partial charge in [0.2, 0.25) is 0 Å². The summed E-state index contributed by atoms with van der Waals surface area (Å²) in [6.07, 6.45) is 1.69. The van der Waals surface area contributed by atoms with E-state index in [9.17, 15) is 0 Å². The van der Waals surface area contributed by atoms with E-state index in [1.807, 2.05) is 0 Å². The minimum Gasteiger partial charge on any atom is -0.411 e. The van der Waals surface area contributed by atoms with Crippen molar-refractivity contribution in [3.8, 4) is 0 Å². The zero-order chi connectivity index (χ0) is 7.98. The Hall–Kier alpha value is -1.12. The van der Waals surface area contributed by atoms with E-state index in [0.29, 0.717) is 12.3 Å². The molecule has 0 spiro atoms. The monoisotopic (exact) mass is 140 g/mol. The van der Waals surface area contributed by atoms with Crippen molar-refractivity contribution in [1.82, 2.24) is 0 Å². The summed E-state index contributed by atoms with van der Waals surface area (Å²) in [4.78, 5) is 4.02. The van der Waals surface area contributed by atoms with Gasteiger partial charge in [-0.2, -0.15) is 0 Å². The first-order valence-corrected chi connectivity index (χ1v) is 3.03. The molecule has 10 heavy (non-hydrogen) atoms. The topological polar surface area (TPSA) is 45.0 Å². The van der Waals surface area contributed by atoms with Gasteiger partial charge in [-0.3, -0.25) is 4.99 Å². The van der Waals surface area contributed by atoms with Gasteiger partial charge >= 0.3 is 0 Å². The van der Waals surface area contributed by atoms with Crippen LogP contribution < -0.4 is 0 Å². The molecule has 56 valence electrons. The average molecular weight is 140 g/mol. The molecular formula is C7H12N2O. The van der Waals surface area contributed by atoms with E-state index in [1.54, 1.807) is 19.9 Å². The maximum Gasteiger partial charge on any atom is 0.0971 e. The average Bonchev–Trinajstić information content (AvgIpc) is 1.98. The molecular weight excluding hydrogens is 128 g/mol. The van der Waals surface area contributed by atoms with Crippen LogP contribution in [0.2, 0.25) is 0 Å². The molecule has 0 atom stereocenters. The lowest BCUT2D eigenvalue weighted by atomic mass is 10.3. The molecule has 0 heterocycles. The Morgan fingerprint density at radius 3 is 2.50 bits per heavy atom. The second-order valence-electron chi connectivity index (χ2n) is 1.90. The maximum atomic E-state index is 8.29. The lowest BCUT2D eigenvalue weighted by Gasteiger charge is -1.93. The van der Waals surface area contributed by atoms with Crippen molar-refractivity contribution in [2.45, 2.75) is 13.8 Å². The summed E-state index contributed by atoms with van der Waals surface area (Å²) in [7, 11) is 0. The predicted molar refractivity (Wildman–Crippen MR) is 43.1 cm³/mol. The van der Waals surface area contributed by atoms with Gasteiger partial charge in [0.05, 0.1) is 18.0 Å². The van der Waals surface area contributed by atoms with Gasteiger partial charge in [0, 0.05) is 0 Å². The summed E-state index contributed by atoms with van der Waals surface area (Å²) in [6.45, 7) is 7.56. The molecule has 0 aliphatic rings. The SMILES string of the molecule is C=CCN=C(C)/C(C)=N/O. The first-order chi connectivity index (χ1) is 4.72. The Labute approximate surface area is 60.8 Å². The minimum atomic E-state index is 0.543. The zero-order valence-electron chi connectivity index (χ0n) is 6.33. The van der Waals surface area contributed by atoms with Crippen molar-refractivity contribution in [3.05, 3.63) is 12.7 Å². The van der Waals surface area contributed by atoms with Crippen molar-refractivity contribution in [2.24, 2.45) is 10.1 Å². The number of nitrogens with zero attached hydrogens (tertiary/aromatic N) is 2. The predicted octanol–water partition coefficient (Wildman–Crippen LogP) is 1.48. The van der Waals surface area contributed by atoms with Crippen molar-refractivity contribution in [2.75, 3.05) is 6.54 Å². The molecule has 0 aromatic heterocycles. The van der Waals surface area contributed by atoms with Crippen LogP contribution in [0.4, 0.5) is 0 Å². The molecule has 0 aromatic carbocycles. The Kier molecular flexibility index (Phi) is 4.20. The van der Waals surface area contributed by atoms with Gasteiger partial charge in [0.15, 0.2) is 0 Å². The van der Waals surface area contributed by atoms with Crippen LogP contribution in [0.3, 0.4) is 0 Å². The van der Waals surface area contributed by atoms with Gasteiger partial charge in [-0.25, -0.2) is 0 Å². The van der Waals surface area contributed by atoms with Gasteiger partial charge in [-0.1, -0.05) is 11.2 Å². The van der Waals surface area contributed by atoms with Crippen LogP contribution in [-0.2, 0) is 0 Å². The van der Waals surface area contributed by atoms with Crippen LogP contribution >= 0.6 is 0 Å². The van der Waals surface area contributed by atoms with Crippen LogP contribution in [0.1, 0.15) is 13.8 Å². The highest BCUT2D eigenvalue weighted by Crippen LogP contribution is 1.83. The molecule has 0 rings (SSSR count). The molecule has 0 unspecified atom stereocenters. The molecule has 0 amide bonds. The van der Waals surface area contributed by atoms with Crippen LogP contribution in [-0.4, -0.2) is 23.2 Å². The fraction of sp³-hybridized carbons (Fsp3) is 0.429. The first-order valence-electron chi connectivity index (χ1n) is 3.03. The lowest BCUT2D eigenvalue weighted by Crippen LogP contribution is -2.05. The van der Waals surface area contributed by atoms with Gasteiger partial charge < -0.3 is 5.21 Å². The third kappa shape index (κ3) is 3.02. The van der Waals surface area contributed by atoms with Crippen molar-refractivity contribution in [1.29, 1.82) is 0 Å². The van der Waals surface area contributed by atoms with E-state index in [1.165, 1.54) is 0 Å². The normalized spacial score (nSPS) is 13.4. The Morgan fingerprint density at radius 1 is 1.50 bits per heavy atom. The Balaban J connectivity index is 4.05. The number of hydrogen-bond acceptors (Lipinski definition) is 3. The van der Waals surface area contributed by atoms with E-state index in [0.717, 1.165) is 5.71 Å². The summed E-state index contributed by atoms with van der Waals surface area (Å²) in [6, 6.07) is 0. The number of oxime groups is 1. The first kappa shape index (κ1) is 8.88. The Bertz CT molecular complexity index is 170. The molecule has 3 heteroatoms. The molecule has 0 bridgehead atoms. The van der Waals surface area contributed by atoms with Crippen molar-refractivity contribution < 1.29 is 5.21 Å². The highest BCUT2D eigenvalue weighted by Gasteiger charge is 1.93. The number of hydrogen-bond donors (Lipinski definition) is 1. The summed E-state index contributed by atoms with van der Waals surface area (Å²) in [5.74, 6) is 0. The quantitative estimate of drug-likeness (QED) is 0.274. The third-order valence-corrected chi connectivity index (χ3v) is 1.13. The smallest absolute Gasteiger partial charge is 0.0971 e. The van der Waals surface area contributed by atoms with E-state index < -0.39 is 0 Å². The molecule has 0 fully saturated rings. The van der Waals surface area contributed by atoms with Gasteiger partial charge in [0.25, 0.3) is 0 Å². The molecule has 0 saturated carbocycles. The second kappa shape index (κ2) is 4.73. The molecule has 0 aromatic rings. The minimum absolute atomic E-state index is 0.543. The van der Waals surface area contributed by atoms with Crippen LogP contribution in [0.15, 0.2) is 22.8 Å². The van der Waals surface area contributed by atoms with Gasteiger partial charge in [-0.15, -0.1) is 6.58 Å². The number of aliphatic imine (C=N–C) groups is 1. The van der Waals surface area contributed by atoms with Gasteiger partial charge in [-0.05, 0) is 13.8 Å². The zero-order valence-corrected chi connectivity index (χ0v) is 6.33. The summed E-state index contributed by atoms with van der Waals surface area (Å²) < 4.78 is 0. The standard InChI is InChI=1S/C7H12N2O/c1-4-5-8-6(2)7(3)9-10/h4,10H,1,5H2,2-3H3/b8-6?,9-7+. The van der Waals surface area contributed by atoms with E-state index in [2.05, 4.69) is 16.7 Å². The fourth-order valence-electron chi connectivity index (χ4n) is 0.388. The van der Waals surface area contributed by atoms with Crippen LogP contribution in [0.25, 0.3) is 0 Å². The van der Waals surface area contributed by atoms with Crippen LogP contribution in [0, 0.1) is 0 Å². The van der Waals surface area contributed by atoms with Gasteiger partial charge in [0.1, 0.15) is 0 Å². The summed E-state index contributed by atoms with van der Waals surface area (Å²) in [5.41, 5.74) is 1.28. The number of rotatable bonds is 3. The molecule has 0 radical (unpaired) electrons. The fourth-order valence-corrected chi connectivity index (χ4v) is 0.388. The third-order valence-electron chi connectivity index (χ3n) is 1.13. The molecule has 1 N–H and O–H groups in total. The highest BCUT2D eigenvalue weighted by molar-refractivity contribution is 6.40. The largest absolute Gasteiger partial charge is 0.411 e. The van der Waals surface area contributed by atoms with E-state index in [4.69, 9.17) is 5.21 Å². The maximum absolute atomic E-state index is 8.29. The molecule has 0 aliphatic carbocycles. The summed E-state index contributed by atoms with van der Waals surface area (Å²) >= 11 is 0. The Morgan fingerprint density at radius 2 is 2.10 bits per heavy atom. The van der Waals surface area contributed by atoms with E-state index >= 15 is 0 Å². The van der Waals surface area contributed by atoms with Crippen molar-refractivity contribution in [3.63, 3.8) is 0 Å². The molecule has 3 nitrogen and oxygen atoms in total. The van der Waals surface area contributed by atoms with E-state index in [-0.39, 0.29) is 0 Å². The van der Waals surface area contributed by atoms with Crippen molar-refractivity contribution >= 4 is 11.4 Å². The highest BCUT2D eigenvalue weighted by atomic mass is 16.4. The van der Waals surface area contributed by atoms with Crippen LogP contribution in [0.5, 0.6) is 0 Å². The summed E-state index contributed by atoms with van der Waals surface area (Å²) in [5, 5.41) is 11.3.